The first-order valence-corrected chi connectivity index (χ1v) is 7.62. The third-order valence-corrected chi connectivity index (χ3v) is 3.92. The van der Waals surface area contributed by atoms with E-state index in [1.165, 1.54) is 33.5 Å². The van der Waals surface area contributed by atoms with Gasteiger partial charge in [0.25, 0.3) is 0 Å². The summed E-state index contributed by atoms with van der Waals surface area (Å²) in [4.78, 5) is 10.9. The molecule has 2 N–H and O–H groups in total. The Bertz CT molecular complexity index is 927. The summed E-state index contributed by atoms with van der Waals surface area (Å²) in [5.41, 5.74) is 2.52. The first-order chi connectivity index (χ1) is 12.6. The highest BCUT2D eigenvalue weighted by molar-refractivity contribution is 5.84. The van der Waals surface area contributed by atoms with E-state index in [9.17, 15) is 9.90 Å². The van der Waals surface area contributed by atoms with Crippen LogP contribution in [0.25, 0.3) is 22.5 Å². The molecule has 0 saturated carbocycles. The molecule has 0 fully saturated rings. The second kappa shape index (κ2) is 7.14. The number of aldehydes is 1. The van der Waals surface area contributed by atoms with Gasteiger partial charge in [-0.25, -0.2) is 0 Å². The number of phenols is 1. The molecular formula is C18H17N3O5. The van der Waals surface area contributed by atoms with Crippen molar-refractivity contribution in [3.8, 4) is 45.5 Å². The summed E-state index contributed by atoms with van der Waals surface area (Å²) in [6.07, 6.45) is 0.585. The number of nitrogens with zero attached hydrogens (tertiary/aromatic N) is 2. The number of aromatic hydroxyl groups is 1. The summed E-state index contributed by atoms with van der Waals surface area (Å²) in [7, 11) is 4.58. The summed E-state index contributed by atoms with van der Waals surface area (Å²) in [6, 6.07) is 8.17. The smallest absolute Gasteiger partial charge is 0.203 e. The summed E-state index contributed by atoms with van der Waals surface area (Å²) >= 11 is 0. The lowest BCUT2D eigenvalue weighted by molar-refractivity contribution is 0.112. The molecule has 0 saturated heterocycles. The van der Waals surface area contributed by atoms with Crippen molar-refractivity contribution in [1.82, 2.24) is 15.4 Å². The number of carbonyl (C=O) groups is 1. The first kappa shape index (κ1) is 17.3. The van der Waals surface area contributed by atoms with E-state index in [0.717, 1.165) is 0 Å². The van der Waals surface area contributed by atoms with Gasteiger partial charge in [-0.1, -0.05) is 6.07 Å². The predicted molar refractivity (Wildman–Crippen MR) is 94.0 cm³/mol. The summed E-state index contributed by atoms with van der Waals surface area (Å²) in [6.45, 7) is 0. The van der Waals surface area contributed by atoms with Crippen molar-refractivity contribution in [3.63, 3.8) is 0 Å². The number of benzene rings is 2. The van der Waals surface area contributed by atoms with E-state index in [4.69, 9.17) is 14.2 Å². The summed E-state index contributed by atoms with van der Waals surface area (Å²) < 4.78 is 16.1. The Balaban J connectivity index is 2.14. The molecule has 2 aromatic carbocycles. The average Bonchev–Trinajstić information content (AvgIpc) is 3.16. The molecular weight excluding hydrogens is 338 g/mol. The molecule has 3 rings (SSSR count). The second-order valence-electron chi connectivity index (χ2n) is 5.33. The molecule has 0 bridgehead atoms. The highest BCUT2D eigenvalue weighted by Gasteiger charge is 2.19. The van der Waals surface area contributed by atoms with E-state index in [2.05, 4.69) is 15.4 Å². The third-order valence-electron chi connectivity index (χ3n) is 3.92. The molecule has 0 unspecified atom stereocenters. The zero-order chi connectivity index (χ0) is 18.7. The lowest BCUT2D eigenvalue weighted by atomic mass is 10.0. The molecule has 134 valence electrons. The number of methoxy groups -OCH3 is 3. The zero-order valence-electron chi connectivity index (χ0n) is 14.4. The van der Waals surface area contributed by atoms with E-state index in [-0.39, 0.29) is 11.3 Å². The van der Waals surface area contributed by atoms with E-state index in [0.29, 0.717) is 46.0 Å². The molecule has 1 heterocycles. The lowest BCUT2D eigenvalue weighted by Gasteiger charge is -2.13. The van der Waals surface area contributed by atoms with Crippen LogP contribution in [-0.2, 0) is 0 Å². The van der Waals surface area contributed by atoms with Gasteiger partial charge < -0.3 is 19.3 Å². The molecule has 8 heteroatoms. The van der Waals surface area contributed by atoms with E-state index in [1.54, 1.807) is 18.2 Å². The van der Waals surface area contributed by atoms with Crippen LogP contribution in [0.1, 0.15) is 10.4 Å². The number of rotatable bonds is 6. The Hall–Kier alpha value is -3.55. The fourth-order valence-corrected chi connectivity index (χ4v) is 2.64. The van der Waals surface area contributed by atoms with E-state index >= 15 is 0 Å². The number of carbonyl (C=O) groups excluding carboxylic acids is 1. The van der Waals surface area contributed by atoms with Crippen molar-refractivity contribution >= 4 is 6.29 Å². The normalized spacial score (nSPS) is 10.4. The third kappa shape index (κ3) is 2.92. The predicted octanol–water partition coefficient (Wildman–Crippen LogP) is 2.68. The molecule has 0 atom stereocenters. The highest BCUT2D eigenvalue weighted by Crippen LogP contribution is 2.42. The van der Waals surface area contributed by atoms with Gasteiger partial charge in [-0.3, -0.25) is 4.79 Å². The number of ether oxygens (including phenoxy) is 3. The van der Waals surface area contributed by atoms with Crippen molar-refractivity contribution in [3.05, 3.63) is 35.9 Å². The van der Waals surface area contributed by atoms with Crippen molar-refractivity contribution < 1.29 is 24.1 Å². The van der Waals surface area contributed by atoms with Crippen molar-refractivity contribution in [2.45, 2.75) is 0 Å². The lowest BCUT2D eigenvalue weighted by Crippen LogP contribution is -1.96. The molecule has 0 radical (unpaired) electrons. The Morgan fingerprint density at radius 3 is 2.04 bits per heavy atom. The van der Waals surface area contributed by atoms with Gasteiger partial charge in [0, 0.05) is 11.1 Å². The maximum atomic E-state index is 10.9. The van der Waals surface area contributed by atoms with Crippen LogP contribution in [0.15, 0.2) is 30.3 Å². The van der Waals surface area contributed by atoms with Crippen LogP contribution in [0, 0.1) is 0 Å². The molecule has 1 aromatic heterocycles. The minimum atomic E-state index is -0.128. The van der Waals surface area contributed by atoms with Crippen molar-refractivity contribution in [2.75, 3.05) is 21.3 Å². The van der Waals surface area contributed by atoms with Crippen LogP contribution in [0.3, 0.4) is 0 Å². The topological polar surface area (TPSA) is 107 Å². The number of H-pyrrole nitrogens is 1. The molecule has 0 spiro atoms. The fraction of sp³-hybridized carbons (Fsp3) is 0.167. The first-order valence-electron chi connectivity index (χ1n) is 7.62. The van der Waals surface area contributed by atoms with Gasteiger partial charge in [0.2, 0.25) is 5.75 Å². The molecule has 0 amide bonds. The summed E-state index contributed by atoms with van der Waals surface area (Å²) in [5.74, 6) is 1.30. The Morgan fingerprint density at radius 2 is 1.54 bits per heavy atom. The quantitative estimate of drug-likeness (QED) is 0.655. The standard InChI is InChI=1S/C18H17N3O5/c1-24-14-7-12(8-15(25-2)18(14)26-3)17-16(19-21-20-17)10-4-5-11(9-22)13(23)6-10/h4-9,23H,1-3H3,(H,19,20,21). The van der Waals surface area contributed by atoms with Crippen LogP contribution in [-0.4, -0.2) is 48.1 Å². The SMILES string of the molecule is COc1cc(-c2n[nH]nc2-c2ccc(C=O)c(O)c2)cc(OC)c1OC. The van der Waals surface area contributed by atoms with Crippen molar-refractivity contribution in [2.24, 2.45) is 0 Å². The molecule has 0 aliphatic heterocycles. The van der Waals surface area contributed by atoms with E-state index in [1.807, 2.05) is 0 Å². The van der Waals surface area contributed by atoms with Gasteiger partial charge in [0.1, 0.15) is 17.1 Å². The minimum absolute atomic E-state index is 0.128. The van der Waals surface area contributed by atoms with Gasteiger partial charge in [0.05, 0.1) is 26.9 Å². The Morgan fingerprint density at radius 1 is 0.923 bits per heavy atom. The number of nitrogens with one attached hydrogen (secondary N) is 1. The Labute approximate surface area is 149 Å². The highest BCUT2D eigenvalue weighted by atomic mass is 16.5. The van der Waals surface area contributed by atoms with Crippen LogP contribution >= 0.6 is 0 Å². The number of phenolic OH excluding ortho intramolecular Hbond substituents is 1. The average molecular weight is 355 g/mol. The molecule has 0 aliphatic carbocycles. The monoisotopic (exact) mass is 355 g/mol. The minimum Gasteiger partial charge on any atom is -0.507 e. The Kier molecular flexibility index (Phi) is 4.74. The van der Waals surface area contributed by atoms with Gasteiger partial charge in [-0.2, -0.15) is 15.4 Å². The number of aromatic amines is 1. The van der Waals surface area contributed by atoms with Crippen LogP contribution < -0.4 is 14.2 Å². The van der Waals surface area contributed by atoms with Crippen LogP contribution in [0.2, 0.25) is 0 Å². The molecule has 8 nitrogen and oxygen atoms in total. The molecule has 26 heavy (non-hydrogen) atoms. The fourth-order valence-electron chi connectivity index (χ4n) is 2.64. The van der Waals surface area contributed by atoms with Crippen LogP contribution in [0.5, 0.6) is 23.0 Å². The van der Waals surface area contributed by atoms with Gasteiger partial charge in [-0.05, 0) is 24.3 Å². The second-order valence-corrected chi connectivity index (χ2v) is 5.33. The number of hydrogen-bond donors (Lipinski definition) is 2. The van der Waals surface area contributed by atoms with Gasteiger partial charge >= 0.3 is 0 Å². The largest absolute Gasteiger partial charge is 0.507 e. The maximum absolute atomic E-state index is 10.9. The van der Waals surface area contributed by atoms with Gasteiger partial charge in [-0.15, -0.1) is 0 Å². The number of aromatic nitrogens is 3. The van der Waals surface area contributed by atoms with Gasteiger partial charge in [0.15, 0.2) is 17.8 Å². The van der Waals surface area contributed by atoms with Crippen LogP contribution in [0.4, 0.5) is 0 Å². The van der Waals surface area contributed by atoms with Crippen molar-refractivity contribution in [1.29, 1.82) is 0 Å². The summed E-state index contributed by atoms with van der Waals surface area (Å²) in [5, 5.41) is 20.9. The maximum Gasteiger partial charge on any atom is 0.203 e. The number of hydrogen-bond acceptors (Lipinski definition) is 7. The zero-order valence-corrected chi connectivity index (χ0v) is 14.4. The molecule has 3 aromatic rings. The van der Waals surface area contributed by atoms with E-state index < -0.39 is 0 Å². The molecule has 0 aliphatic rings.